The second-order valence-corrected chi connectivity index (χ2v) is 8.38. The molecule has 1 heterocycles. The van der Waals surface area contributed by atoms with Gasteiger partial charge in [-0.2, -0.15) is 0 Å². The van der Waals surface area contributed by atoms with E-state index in [0.29, 0.717) is 19.5 Å². The van der Waals surface area contributed by atoms with Gasteiger partial charge in [0.15, 0.2) is 9.84 Å². The first-order valence-corrected chi connectivity index (χ1v) is 10.8. The molecule has 1 saturated heterocycles. The van der Waals surface area contributed by atoms with Gasteiger partial charge in [0.2, 0.25) is 0 Å². The molecule has 0 amide bonds. The number of anilines is 1. The van der Waals surface area contributed by atoms with Crippen molar-refractivity contribution in [2.75, 3.05) is 29.5 Å². The van der Waals surface area contributed by atoms with Crippen molar-refractivity contribution in [2.24, 2.45) is 0 Å². The maximum absolute atomic E-state index is 11.7. The van der Waals surface area contributed by atoms with Crippen molar-refractivity contribution in [1.29, 1.82) is 0 Å². The van der Waals surface area contributed by atoms with Gasteiger partial charge in [-0.05, 0) is 85.0 Å². The number of rotatable bonds is 3. The van der Waals surface area contributed by atoms with Gasteiger partial charge in [0.25, 0.3) is 0 Å². The second kappa shape index (κ2) is 10.9. The average Bonchev–Trinajstić information content (AvgIpc) is 2.87. The molecular weight excluding hydrogens is 402 g/mol. The Kier molecular flexibility index (Phi) is 8.26. The van der Waals surface area contributed by atoms with E-state index in [4.69, 9.17) is 4.74 Å². The molecule has 0 saturated carbocycles. The number of sulfone groups is 1. The SMILES string of the molecule is CC#CC#CC#CC#CC#CC(O)(O)Oc1ccc(N2CCCS(=O)(=O)CC2)cc1. The predicted octanol–water partition coefficient (Wildman–Crippen LogP) is 0.366. The van der Waals surface area contributed by atoms with E-state index >= 15 is 0 Å². The smallest absolute Gasteiger partial charge is 0.394 e. The molecule has 0 spiro atoms. The fourth-order valence-corrected chi connectivity index (χ4v) is 3.75. The number of nitrogens with zero attached hydrogens (tertiary/aromatic N) is 1. The Morgan fingerprint density at radius 1 is 0.900 bits per heavy atom. The Morgan fingerprint density at radius 3 is 2.13 bits per heavy atom. The molecule has 152 valence electrons. The molecule has 7 heteroatoms. The topological polar surface area (TPSA) is 87.1 Å². The van der Waals surface area contributed by atoms with Gasteiger partial charge in [0.1, 0.15) is 5.75 Å². The van der Waals surface area contributed by atoms with Crippen molar-refractivity contribution in [3.63, 3.8) is 0 Å². The van der Waals surface area contributed by atoms with E-state index < -0.39 is 15.8 Å². The number of aliphatic hydroxyl groups is 2. The summed E-state index contributed by atoms with van der Waals surface area (Å²) in [7, 11) is -2.99. The van der Waals surface area contributed by atoms with E-state index in [9.17, 15) is 18.6 Å². The summed E-state index contributed by atoms with van der Waals surface area (Å²) >= 11 is 0. The molecule has 1 aromatic rings. The third kappa shape index (κ3) is 8.24. The number of benzene rings is 1. The maximum atomic E-state index is 11.7. The molecule has 0 unspecified atom stereocenters. The van der Waals surface area contributed by atoms with Crippen molar-refractivity contribution >= 4 is 15.5 Å². The summed E-state index contributed by atoms with van der Waals surface area (Å²) in [6, 6.07) is 6.53. The van der Waals surface area contributed by atoms with Crippen LogP contribution in [-0.2, 0) is 9.84 Å². The summed E-state index contributed by atoms with van der Waals surface area (Å²) < 4.78 is 28.5. The summed E-state index contributed by atoms with van der Waals surface area (Å²) in [5, 5.41) is 19.6. The zero-order chi connectivity index (χ0) is 21.9. The molecule has 6 nitrogen and oxygen atoms in total. The molecule has 2 N–H and O–H groups in total. The molecule has 30 heavy (non-hydrogen) atoms. The molecule has 0 aliphatic carbocycles. The van der Waals surface area contributed by atoms with Gasteiger partial charge in [-0.1, -0.05) is 5.92 Å². The Balaban J connectivity index is 1.96. The van der Waals surface area contributed by atoms with Crippen LogP contribution in [0.2, 0.25) is 0 Å². The molecule has 0 aromatic heterocycles. The minimum absolute atomic E-state index is 0.113. The standard InChI is InChI=1S/C23H19NO5S/c1-2-3-4-5-6-7-8-9-10-16-23(25,26)29-22-14-12-21(13-15-22)24-17-11-19-30(27,28)20-18-24/h12-15,25-26H,11,17-20H2,1H3. The third-order valence-corrected chi connectivity index (χ3v) is 5.52. The molecule has 0 atom stereocenters. The Hall–Kier alpha value is -3.51. The minimum atomic E-state index is -2.99. The Labute approximate surface area is 177 Å². The second-order valence-electron chi connectivity index (χ2n) is 6.07. The highest BCUT2D eigenvalue weighted by Gasteiger charge is 2.23. The van der Waals surface area contributed by atoms with Crippen LogP contribution in [0, 0.1) is 59.2 Å². The fourth-order valence-electron chi connectivity index (χ4n) is 2.47. The lowest BCUT2D eigenvalue weighted by atomic mass is 10.2. The highest BCUT2D eigenvalue weighted by Crippen LogP contribution is 2.22. The average molecular weight is 421 g/mol. The van der Waals surface area contributed by atoms with Crippen LogP contribution >= 0.6 is 0 Å². The van der Waals surface area contributed by atoms with Crippen LogP contribution in [0.4, 0.5) is 5.69 Å². The molecule has 0 radical (unpaired) electrons. The van der Waals surface area contributed by atoms with Gasteiger partial charge in [-0.3, -0.25) is 0 Å². The zero-order valence-corrected chi connectivity index (χ0v) is 17.1. The van der Waals surface area contributed by atoms with Gasteiger partial charge in [-0.25, -0.2) is 8.42 Å². The molecule has 1 aliphatic rings. The predicted molar refractivity (Wildman–Crippen MR) is 114 cm³/mol. The molecule has 2 rings (SSSR count). The van der Waals surface area contributed by atoms with Crippen molar-refractivity contribution in [3.8, 4) is 65.0 Å². The molecule has 1 fully saturated rings. The van der Waals surface area contributed by atoms with E-state index in [1.165, 1.54) is 0 Å². The summed E-state index contributed by atoms with van der Waals surface area (Å²) in [6.45, 7) is 2.71. The fraction of sp³-hybridized carbons (Fsp3) is 0.304. The Bertz CT molecular complexity index is 1170. The van der Waals surface area contributed by atoms with Gasteiger partial charge in [-0.15, -0.1) is 0 Å². The number of ether oxygens (including phenoxy) is 1. The van der Waals surface area contributed by atoms with Crippen molar-refractivity contribution < 1.29 is 23.4 Å². The van der Waals surface area contributed by atoms with E-state index in [0.717, 1.165) is 5.69 Å². The lowest BCUT2D eigenvalue weighted by Crippen LogP contribution is -2.33. The first-order valence-electron chi connectivity index (χ1n) is 8.94. The maximum Gasteiger partial charge on any atom is 0.394 e. The van der Waals surface area contributed by atoms with Crippen molar-refractivity contribution in [1.82, 2.24) is 0 Å². The number of hydrogen-bond acceptors (Lipinski definition) is 6. The highest BCUT2D eigenvalue weighted by atomic mass is 32.2. The van der Waals surface area contributed by atoms with E-state index in [-0.39, 0.29) is 17.3 Å². The summed E-state index contributed by atoms with van der Waals surface area (Å²) in [4.78, 5) is 1.97. The highest BCUT2D eigenvalue weighted by molar-refractivity contribution is 7.91. The van der Waals surface area contributed by atoms with Gasteiger partial charge in [0, 0.05) is 24.7 Å². The van der Waals surface area contributed by atoms with Crippen LogP contribution in [0.15, 0.2) is 24.3 Å². The first kappa shape index (κ1) is 22.8. The summed E-state index contributed by atoms with van der Waals surface area (Å²) in [5.41, 5.74) is 0.824. The lowest BCUT2D eigenvalue weighted by Gasteiger charge is -2.23. The normalized spacial score (nSPS) is 14.3. The van der Waals surface area contributed by atoms with Crippen molar-refractivity contribution in [2.45, 2.75) is 19.3 Å². The van der Waals surface area contributed by atoms with E-state index in [2.05, 4.69) is 59.2 Å². The Morgan fingerprint density at radius 2 is 1.50 bits per heavy atom. The summed E-state index contributed by atoms with van der Waals surface area (Å²) in [6.07, 6.45) is 0.567. The summed E-state index contributed by atoms with van der Waals surface area (Å²) in [5.74, 6) is 21.8. The van der Waals surface area contributed by atoms with Crippen LogP contribution in [-0.4, -0.2) is 49.2 Å². The largest absolute Gasteiger partial charge is 0.429 e. The van der Waals surface area contributed by atoms with Gasteiger partial charge < -0.3 is 19.8 Å². The van der Waals surface area contributed by atoms with Crippen LogP contribution in [0.3, 0.4) is 0 Å². The molecule has 0 bridgehead atoms. The van der Waals surface area contributed by atoms with Crippen molar-refractivity contribution in [3.05, 3.63) is 24.3 Å². The quantitative estimate of drug-likeness (QED) is 0.542. The lowest BCUT2D eigenvalue weighted by molar-refractivity contribution is -0.245. The molecule has 1 aromatic carbocycles. The van der Waals surface area contributed by atoms with Crippen LogP contribution in [0.25, 0.3) is 0 Å². The monoisotopic (exact) mass is 421 g/mol. The van der Waals surface area contributed by atoms with Gasteiger partial charge in [0.05, 0.1) is 11.5 Å². The van der Waals surface area contributed by atoms with Crippen LogP contribution < -0.4 is 9.64 Å². The third-order valence-electron chi connectivity index (χ3n) is 3.81. The van der Waals surface area contributed by atoms with E-state index in [1.54, 1.807) is 31.2 Å². The minimum Gasteiger partial charge on any atom is -0.429 e. The number of hydrogen-bond donors (Lipinski definition) is 2. The van der Waals surface area contributed by atoms with Crippen LogP contribution in [0.5, 0.6) is 5.75 Å². The van der Waals surface area contributed by atoms with E-state index in [1.807, 2.05) is 4.90 Å². The molecular formula is C23H19NO5S. The van der Waals surface area contributed by atoms with Gasteiger partial charge >= 0.3 is 5.97 Å². The van der Waals surface area contributed by atoms with Crippen LogP contribution in [0.1, 0.15) is 13.3 Å². The first-order chi connectivity index (χ1) is 14.3. The zero-order valence-electron chi connectivity index (χ0n) is 16.3. The molecule has 1 aliphatic heterocycles.